The van der Waals surface area contributed by atoms with Gasteiger partial charge < -0.3 is 5.73 Å². The molecule has 2 aromatic carbocycles. The van der Waals surface area contributed by atoms with Crippen molar-refractivity contribution in [3.05, 3.63) is 94.2 Å². The summed E-state index contributed by atoms with van der Waals surface area (Å²) in [7, 11) is 0. The van der Waals surface area contributed by atoms with Crippen molar-refractivity contribution in [2.24, 2.45) is 0 Å². The maximum atomic E-state index is 13.6. The smallest absolute Gasteiger partial charge is 0.266 e. The fourth-order valence-electron chi connectivity index (χ4n) is 2.28. The largest absolute Gasteiger partial charge is 0.396 e. The van der Waals surface area contributed by atoms with Crippen LogP contribution >= 0.6 is 0 Å². The minimum atomic E-state index is -0.616. The summed E-state index contributed by atoms with van der Waals surface area (Å²) < 4.78 is 14.8. The number of nitrogen functional groups attached to an aromatic ring is 1. The number of aromatic nitrogens is 1. The topological polar surface area (TPSA) is 65.1 Å². The molecule has 0 atom stereocenters. The molecule has 4 nitrogen and oxygen atoms in total. The fraction of sp³-hybridized carbons (Fsp3) is 0. The van der Waals surface area contributed by atoms with Gasteiger partial charge in [-0.15, -0.1) is 0 Å². The van der Waals surface area contributed by atoms with Gasteiger partial charge in [0.2, 0.25) is 0 Å². The van der Waals surface area contributed by atoms with Crippen molar-refractivity contribution in [1.29, 1.82) is 0 Å². The van der Waals surface area contributed by atoms with Crippen LogP contribution in [0.1, 0.15) is 15.9 Å². The van der Waals surface area contributed by atoms with Crippen LogP contribution in [0.15, 0.2) is 71.7 Å². The van der Waals surface area contributed by atoms with Crippen molar-refractivity contribution in [2.75, 3.05) is 5.73 Å². The molecule has 0 aliphatic heterocycles. The monoisotopic (exact) mass is 308 g/mol. The van der Waals surface area contributed by atoms with E-state index < -0.39 is 11.4 Å². The van der Waals surface area contributed by atoms with Gasteiger partial charge in [0.15, 0.2) is 5.78 Å². The number of nitrogens with two attached hydrogens (primary N) is 1. The molecule has 23 heavy (non-hydrogen) atoms. The molecule has 0 unspecified atom stereocenters. The van der Waals surface area contributed by atoms with Gasteiger partial charge in [0.05, 0.1) is 16.9 Å². The molecule has 3 rings (SSSR count). The summed E-state index contributed by atoms with van der Waals surface area (Å²) in [4.78, 5) is 25.0. The van der Waals surface area contributed by atoms with Crippen molar-refractivity contribution in [3.63, 3.8) is 0 Å². The molecule has 0 saturated carbocycles. The van der Waals surface area contributed by atoms with Gasteiger partial charge in [-0.25, -0.2) is 4.39 Å². The van der Waals surface area contributed by atoms with Crippen molar-refractivity contribution in [1.82, 2.24) is 4.57 Å². The lowest BCUT2D eigenvalue weighted by Gasteiger charge is -2.08. The molecule has 0 radical (unpaired) electrons. The van der Waals surface area contributed by atoms with Crippen LogP contribution in [0.25, 0.3) is 5.69 Å². The molecule has 0 spiro atoms. The lowest BCUT2D eigenvalue weighted by atomic mass is 10.0. The van der Waals surface area contributed by atoms with Crippen molar-refractivity contribution >= 4 is 11.5 Å². The standard InChI is InChI=1S/C18H13FN2O2/c19-15-11-13(8-9-16(15)20)21-10-4-7-14(18(21)23)17(22)12-5-2-1-3-6-12/h1-11H,20H2. The Morgan fingerprint density at radius 3 is 2.43 bits per heavy atom. The van der Waals surface area contributed by atoms with Gasteiger partial charge in [-0.2, -0.15) is 0 Å². The van der Waals surface area contributed by atoms with Gasteiger partial charge in [-0.1, -0.05) is 30.3 Å². The van der Waals surface area contributed by atoms with Gasteiger partial charge >= 0.3 is 0 Å². The zero-order valence-corrected chi connectivity index (χ0v) is 12.1. The van der Waals surface area contributed by atoms with Crippen molar-refractivity contribution in [3.8, 4) is 5.69 Å². The SMILES string of the molecule is Nc1ccc(-n2cccc(C(=O)c3ccccc3)c2=O)cc1F. The Hall–Kier alpha value is -3.21. The van der Waals surface area contributed by atoms with E-state index in [2.05, 4.69) is 0 Å². The number of carbonyl (C=O) groups is 1. The first-order valence-electron chi connectivity index (χ1n) is 6.95. The molecule has 114 valence electrons. The van der Waals surface area contributed by atoms with Crippen molar-refractivity contribution in [2.45, 2.75) is 0 Å². The summed E-state index contributed by atoms with van der Waals surface area (Å²) >= 11 is 0. The highest BCUT2D eigenvalue weighted by atomic mass is 19.1. The second-order valence-electron chi connectivity index (χ2n) is 5.00. The van der Waals surface area contributed by atoms with E-state index in [4.69, 9.17) is 5.73 Å². The molecule has 5 heteroatoms. The lowest BCUT2D eigenvalue weighted by molar-refractivity contribution is 0.103. The number of pyridine rings is 1. The Morgan fingerprint density at radius 1 is 1.00 bits per heavy atom. The molecule has 2 N–H and O–H groups in total. The maximum Gasteiger partial charge on any atom is 0.266 e. The summed E-state index contributed by atoms with van der Waals surface area (Å²) in [6, 6.07) is 15.6. The minimum Gasteiger partial charge on any atom is -0.396 e. The zero-order chi connectivity index (χ0) is 16.4. The van der Waals surface area contributed by atoms with E-state index in [1.54, 1.807) is 36.4 Å². The van der Waals surface area contributed by atoms with E-state index >= 15 is 0 Å². The van der Waals surface area contributed by atoms with Crippen LogP contribution in [0.2, 0.25) is 0 Å². The second kappa shape index (κ2) is 5.88. The number of carbonyl (C=O) groups excluding carboxylic acids is 1. The Labute approximate surface area is 131 Å². The molecule has 3 aromatic rings. The maximum absolute atomic E-state index is 13.6. The number of rotatable bonds is 3. The van der Waals surface area contributed by atoms with E-state index in [-0.39, 0.29) is 17.0 Å². The average Bonchev–Trinajstić information content (AvgIpc) is 2.58. The molecule has 0 amide bonds. The third kappa shape index (κ3) is 2.76. The lowest BCUT2D eigenvalue weighted by Crippen LogP contribution is -2.25. The quantitative estimate of drug-likeness (QED) is 0.597. The second-order valence-corrected chi connectivity index (χ2v) is 5.00. The van der Waals surface area contributed by atoms with E-state index in [9.17, 15) is 14.0 Å². The first-order valence-corrected chi connectivity index (χ1v) is 6.95. The predicted molar refractivity (Wildman–Crippen MR) is 86.3 cm³/mol. The highest BCUT2D eigenvalue weighted by Gasteiger charge is 2.15. The van der Waals surface area contributed by atoms with Crippen LogP contribution < -0.4 is 11.3 Å². The van der Waals surface area contributed by atoms with Gasteiger partial charge in [-0.05, 0) is 24.3 Å². The average molecular weight is 308 g/mol. The Bertz CT molecular complexity index is 933. The predicted octanol–water partition coefficient (Wildman–Crippen LogP) is 2.79. The zero-order valence-electron chi connectivity index (χ0n) is 12.1. The molecular formula is C18H13FN2O2. The van der Waals surface area contributed by atoms with Gasteiger partial charge in [0.1, 0.15) is 5.82 Å². The highest BCUT2D eigenvalue weighted by Crippen LogP contribution is 2.15. The molecule has 0 bridgehead atoms. The van der Waals surface area contributed by atoms with Gasteiger partial charge in [0, 0.05) is 17.8 Å². The molecule has 0 saturated heterocycles. The van der Waals surface area contributed by atoms with Crippen LogP contribution in [-0.4, -0.2) is 10.4 Å². The minimum absolute atomic E-state index is 0.00156. The van der Waals surface area contributed by atoms with E-state index in [0.717, 1.165) is 6.07 Å². The fourth-order valence-corrected chi connectivity index (χ4v) is 2.28. The molecule has 0 aliphatic carbocycles. The van der Waals surface area contributed by atoms with Crippen LogP contribution in [-0.2, 0) is 0 Å². The molecule has 0 aliphatic rings. The molecule has 0 fully saturated rings. The third-order valence-corrected chi connectivity index (χ3v) is 3.49. The highest BCUT2D eigenvalue weighted by molar-refractivity contribution is 6.08. The van der Waals surface area contributed by atoms with E-state index in [1.165, 1.54) is 29.0 Å². The van der Waals surface area contributed by atoms with E-state index in [1.807, 2.05) is 0 Å². The number of anilines is 1. The number of benzene rings is 2. The summed E-state index contributed by atoms with van der Waals surface area (Å²) in [5.41, 5.74) is 5.69. The summed E-state index contributed by atoms with van der Waals surface area (Å²) in [5, 5.41) is 0. The Kier molecular flexibility index (Phi) is 3.76. The van der Waals surface area contributed by atoms with Crippen molar-refractivity contribution < 1.29 is 9.18 Å². The Morgan fingerprint density at radius 2 is 1.74 bits per heavy atom. The van der Waals surface area contributed by atoms with Crippen LogP contribution in [0, 0.1) is 5.82 Å². The number of hydrogen-bond acceptors (Lipinski definition) is 3. The normalized spacial score (nSPS) is 10.5. The summed E-state index contributed by atoms with van der Waals surface area (Å²) in [6.45, 7) is 0. The first kappa shape index (κ1) is 14.7. The number of hydrogen-bond donors (Lipinski definition) is 1. The van der Waals surface area contributed by atoms with Gasteiger partial charge in [0.25, 0.3) is 5.56 Å². The van der Waals surface area contributed by atoms with Crippen LogP contribution in [0.4, 0.5) is 10.1 Å². The summed E-state index contributed by atoms with van der Waals surface area (Å²) in [5.74, 6) is -0.991. The van der Waals surface area contributed by atoms with Gasteiger partial charge in [-0.3, -0.25) is 14.2 Å². The molecule has 1 aromatic heterocycles. The summed E-state index contributed by atoms with van der Waals surface area (Å²) in [6.07, 6.45) is 1.48. The molecule has 1 heterocycles. The number of ketones is 1. The van der Waals surface area contributed by atoms with Crippen LogP contribution in [0.3, 0.4) is 0 Å². The molecular weight excluding hydrogens is 295 g/mol. The van der Waals surface area contributed by atoms with Crippen LogP contribution in [0.5, 0.6) is 0 Å². The third-order valence-electron chi connectivity index (χ3n) is 3.49. The Balaban J connectivity index is 2.10. The number of halogens is 1. The first-order chi connectivity index (χ1) is 11.1. The number of nitrogens with zero attached hydrogens (tertiary/aromatic N) is 1. The van der Waals surface area contributed by atoms with E-state index in [0.29, 0.717) is 11.3 Å².